The minimum Gasteiger partial charge on any atom is -0.456 e. The Balaban J connectivity index is 1.27. The predicted molar refractivity (Wildman–Crippen MR) is 208 cm³/mol. The number of rotatable bonds is 4. The molecule has 0 aliphatic carbocycles. The minimum absolute atomic E-state index is 0.172. The van der Waals surface area contributed by atoms with E-state index in [2.05, 4.69) is 24.3 Å². The minimum atomic E-state index is -0.435. The highest BCUT2D eigenvalue weighted by atomic mass is 16.3. The third kappa shape index (κ3) is 4.47. The molecule has 0 aliphatic rings. The summed E-state index contributed by atoms with van der Waals surface area (Å²) in [5, 5.41) is 4.36. The second kappa shape index (κ2) is 11.1. The van der Waals surface area contributed by atoms with Gasteiger partial charge in [0.2, 0.25) is 0 Å². The summed E-state index contributed by atoms with van der Waals surface area (Å²) < 4.78 is 78.9. The predicted octanol–water partition coefficient (Wildman–Crippen LogP) is 13.7. The molecular formula is C48H30O. The van der Waals surface area contributed by atoms with Crippen molar-refractivity contribution in [1.29, 1.82) is 0 Å². The van der Waals surface area contributed by atoms with Crippen molar-refractivity contribution in [3.63, 3.8) is 0 Å². The molecule has 0 aliphatic heterocycles. The summed E-state index contributed by atoms with van der Waals surface area (Å²) in [6.07, 6.45) is 0. The fourth-order valence-corrected chi connectivity index (χ4v) is 7.22. The van der Waals surface area contributed by atoms with E-state index < -0.39 is 24.2 Å². The lowest BCUT2D eigenvalue weighted by molar-refractivity contribution is 0.669. The third-order valence-electron chi connectivity index (χ3n) is 9.52. The zero-order chi connectivity index (χ0) is 39.3. The molecule has 0 saturated heterocycles. The van der Waals surface area contributed by atoms with Crippen molar-refractivity contribution in [2.45, 2.75) is 0 Å². The molecular weight excluding hydrogens is 593 g/mol. The summed E-state index contributed by atoms with van der Waals surface area (Å²) in [5.74, 6) is 0. The Labute approximate surface area is 295 Å². The van der Waals surface area contributed by atoms with Crippen LogP contribution in [0.15, 0.2) is 186 Å². The lowest BCUT2D eigenvalue weighted by atomic mass is 9.85. The topological polar surface area (TPSA) is 13.1 Å². The van der Waals surface area contributed by atoms with Crippen molar-refractivity contribution in [1.82, 2.24) is 0 Å². The largest absolute Gasteiger partial charge is 0.456 e. The van der Waals surface area contributed by atoms with Crippen molar-refractivity contribution >= 4 is 54.3 Å². The van der Waals surface area contributed by atoms with Gasteiger partial charge in [-0.25, -0.2) is 0 Å². The van der Waals surface area contributed by atoms with Gasteiger partial charge in [-0.2, -0.15) is 0 Å². The smallest absolute Gasteiger partial charge is 0.136 e. The zero-order valence-corrected chi connectivity index (χ0v) is 26.1. The first-order valence-electron chi connectivity index (χ1n) is 20.2. The zero-order valence-electron chi connectivity index (χ0n) is 34.1. The van der Waals surface area contributed by atoms with E-state index in [0.29, 0.717) is 33.4 Å². The van der Waals surface area contributed by atoms with Crippen molar-refractivity contribution in [3.05, 3.63) is 182 Å². The van der Waals surface area contributed by atoms with E-state index in [1.807, 2.05) is 103 Å². The highest BCUT2D eigenvalue weighted by Crippen LogP contribution is 2.45. The molecule has 1 heterocycles. The van der Waals surface area contributed by atoms with E-state index in [9.17, 15) is 5.48 Å². The molecule has 0 amide bonds. The molecule has 228 valence electrons. The normalized spacial score (nSPS) is 14.0. The molecule has 49 heavy (non-hydrogen) atoms. The molecule has 10 rings (SSSR count). The molecule has 0 atom stereocenters. The number of furan rings is 1. The number of fused-ring (bicyclic) bond motifs is 7. The second-order valence-electron chi connectivity index (χ2n) is 12.2. The van der Waals surface area contributed by atoms with Crippen LogP contribution in [0.2, 0.25) is 0 Å². The van der Waals surface area contributed by atoms with Crippen LogP contribution in [0.3, 0.4) is 0 Å². The van der Waals surface area contributed by atoms with Gasteiger partial charge in [-0.1, -0.05) is 164 Å². The second-order valence-corrected chi connectivity index (χ2v) is 12.2. The molecule has 1 nitrogen and oxygen atoms in total. The molecule has 1 aromatic heterocycles. The third-order valence-corrected chi connectivity index (χ3v) is 9.52. The maximum Gasteiger partial charge on any atom is 0.136 e. The lowest BCUT2D eigenvalue weighted by Gasteiger charge is -2.18. The van der Waals surface area contributed by atoms with Gasteiger partial charge in [0.05, 0.1) is 11.0 Å². The molecule has 10 aromatic rings. The van der Waals surface area contributed by atoms with E-state index in [4.69, 9.17) is 9.90 Å². The van der Waals surface area contributed by atoms with Crippen molar-refractivity contribution < 1.29 is 15.4 Å². The van der Waals surface area contributed by atoms with Gasteiger partial charge < -0.3 is 4.42 Å². The first kappa shape index (κ1) is 20.7. The van der Waals surface area contributed by atoms with Gasteiger partial charge in [0.1, 0.15) is 11.2 Å². The lowest BCUT2D eigenvalue weighted by Crippen LogP contribution is -1.91. The Morgan fingerprint density at radius 1 is 0.347 bits per heavy atom. The van der Waals surface area contributed by atoms with E-state index in [0.717, 1.165) is 43.8 Å². The van der Waals surface area contributed by atoms with Gasteiger partial charge in [-0.3, -0.25) is 0 Å². The molecule has 9 aromatic carbocycles. The van der Waals surface area contributed by atoms with Gasteiger partial charge in [0.25, 0.3) is 0 Å². The summed E-state index contributed by atoms with van der Waals surface area (Å²) in [6.45, 7) is 0. The average molecular weight is 631 g/mol. The van der Waals surface area contributed by atoms with Gasteiger partial charge in [-0.05, 0) is 95.0 Å². The summed E-state index contributed by atoms with van der Waals surface area (Å²) in [7, 11) is 0. The fourth-order valence-electron chi connectivity index (χ4n) is 7.22. The molecule has 0 radical (unpaired) electrons. The highest BCUT2D eigenvalue weighted by molar-refractivity contribution is 6.23. The summed E-state index contributed by atoms with van der Waals surface area (Å²) in [5.41, 5.74) is 7.10. The Hall–Kier alpha value is -6.44. The average Bonchev–Trinajstić information content (AvgIpc) is 3.64. The van der Waals surface area contributed by atoms with E-state index in [1.165, 1.54) is 0 Å². The van der Waals surface area contributed by atoms with E-state index in [1.54, 1.807) is 6.07 Å². The Kier molecular flexibility index (Phi) is 4.69. The van der Waals surface area contributed by atoms with Gasteiger partial charge in [0, 0.05) is 10.8 Å². The van der Waals surface area contributed by atoms with Crippen LogP contribution in [0.4, 0.5) is 0 Å². The molecule has 0 unspecified atom stereocenters. The maximum absolute atomic E-state index is 9.37. The fraction of sp³-hybridized carbons (Fsp3) is 0. The van der Waals surface area contributed by atoms with Crippen molar-refractivity contribution in [3.8, 4) is 44.5 Å². The molecule has 0 saturated carbocycles. The van der Waals surface area contributed by atoms with Crippen LogP contribution in [0.25, 0.3) is 98.8 Å². The van der Waals surface area contributed by atoms with Crippen LogP contribution in [0.5, 0.6) is 0 Å². The standard InChI is InChI=1S/C48H30O/c1-2-10-31(11-3-1)32-18-20-33(21-19-32)34-22-24-36(25-23-34)46-39-14-6-8-16-41(39)47(42-17-9-7-15-40(42)46)37-27-28-44-43(30-37)48-38-13-5-4-12-35(38)26-29-45(48)49-44/h1-30H/i6D,7D,8D,9D,14D,15D,16D,17D. The maximum atomic E-state index is 9.37. The Morgan fingerprint density at radius 2 is 0.816 bits per heavy atom. The van der Waals surface area contributed by atoms with Gasteiger partial charge >= 0.3 is 0 Å². The monoisotopic (exact) mass is 630 g/mol. The van der Waals surface area contributed by atoms with Crippen LogP contribution >= 0.6 is 0 Å². The summed E-state index contributed by atoms with van der Waals surface area (Å²) in [6, 6.07) is 40.4. The van der Waals surface area contributed by atoms with Crippen molar-refractivity contribution in [2.24, 2.45) is 0 Å². The van der Waals surface area contributed by atoms with E-state index in [-0.39, 0.29) is 45.7 Å². The number of hydrogen-bond acceptors (Lipinski definition) is 1. The Bertz CT molecular complexity index is 3220. The molecule has 1 heteroatoms. The van der Waals surface area contributed by atoms with Crippen LogP contribution in [-0.4, -0.2) is 0 Å². The van der Waals surface area contributed by atoms with Crippen molar-refractivity contribution in [2.75, 3.05) is 0 Å². The molecule has 0 N–H and O–H groups in total. The SMILES string of the molecule is [2H]c1c([2H])c([2H])c2c(-c3ccc4oc5ccc6ccccc6c5c4c3)c3c([2H])c([2H])c([2H])c([2H])c3c(-c3ccc(-c4ccc(-c5ccccc5)cc4)cc3)c2c1[2H]. The first-order chi connectivity index (χ1) is 27.6. The first-order valence-corrected chi connectivity index (χ1v) is 16.2. The van der Waals surface area contributed by atoms with Crippen LogP contribution in [0.1, 0.15) is 11.0 Å². The van der Waals surface area contributed by atoms with Crippen LogP contribution in [0, 0.1) is 0 Å². The van der Waals surface area contributed by atoms with Gasteiger partial charge in [-0.15, -0.1) is 0 Å². The van der Waals surface area contributed by atoms with Gasteiger partial charge in [0.15, 0.2) is 0 Å². The quantitative estimate of drug-likeness (QED) is 0.176. The molecule has 0 bridgehead atoms. The highest BCUT2D eigenvalue weighted by Gasteiger charge is 2.18. The molecule has 0 spiro atoms. The number of benzene rings is 9. The van der Waals surface area contributed by atoms with E-state index >= 15 is 0 Å². The Morgan fingerprint density at radius 3 is 1.43 bits per heavy atom. The number of hydrogen-bond donors (Lipinski definition) is 0. The molecule has 0 fully saturated rings. The van der Waals surface area contributed by atoms with Crippen LogP contribution in [-0.2, 0) is 0 Å². The summed E-state index contributed by atoms with van der Waals surface area (Å²) in [4.78, 5) is 0. The van der Waals surface area contributed by atoms with Crippen LogP contribution < -0.4 is 0 Å². The summed E-state index contributed by atoms with van der Waals surface area (Å²) >= 11 is 0.